The van der Waals surface area contributed by atoms with E-state index in [2.05, 4.69) is 43.7 Å². The first-order valence-corrected chi connectivity index (χ1v) is 19.3. The molecule has 1 unspecified atom stereocenters. The molecule has 0 bridgehead atoms. The lowest BCUT2D eigenvalue weighted by molar-refractivity contribution is -0.134. The monoisotopic (exact) mass is 742 g/mol. The summed E-state index contributed by atoms with van der Waals surface area (Å²) in [5.41, 5.74) is 3.82. The highest BCUT2D eigenvalue weighted by Crippen LogP contribution is 2.40. The Morgan fingerprint density at radius 1 is 1.00 bits per heavy atom. The molecule has 3 aromatic rings. The van der Waals surface area contributed by atoms with Crippen molar-refractivity contribution in [3.05, 3.63) is 60.1 Å². The summed E-state index contributed by atoms with van der Waals surface area (Å²) in [5.74, 6) is 7.37. The number of imide groups is 1. The van der Waals surface area contributed by atoms with Crippen LogP contribution in [0, 0.1) is 17.8 Å². The summed E-state index contributed by atoms with van der Waals surface area (Å²) in [4.78, 5) is 30.9. The number of fused-ring (bicyclic) bond motifs is 1. The summed E-state index contributed by atoms with van der Waals surface area (Å²) in [6, 6.07) is 7.48. The molecular formula is C40H48F2N8O4. The number of alkyl halides is 2. The molecule has 2 amide bonds. The van der Waals surface area contributed by atoms with E-state index in [-0.39, 0.29) is 29.7 Å². The third kappa shape index (κ3) is 7.67. The summed E-state index contributed by atoms with van der Waals surface area (Å²) >= 11 is 0. The van der Waals surface area contributed by atoms with Crippen molar-refractivity contribution in [1.82, 2.24) is 29.8 Å². The molecule has 1 saturated carbocycles. The van der Waals surface area contributed by atoms with E-state index < -0.39 is 12.5 Å². The first-order valence-electron chi connectivity index (χ1n) is 19.3. The van der Waals surface area contributed by atoms with E-state index in [9.17, 15) is 18.4 Å². The number of carbonyl (C=O) groups is 2. The van der Waals surface area contributed by atoms with E-state index >= 15 is 0 Å². The number of benzene rings is 1. The van der Waals surface area contributed by atoms with Crippen molar-refractivity contribution >= 4 is 28.9 Å². The number of ether oxygens (including phenoxy) is 2. The van der Waals surface area contributed by atoms with E-state index in [4.69, 9.17) is 9.47 Å². The number of halogens is 2. The van der Waals surface area contributed by atoms with Gasteiger partial charge in [-0.2, -0.15) is 10.2 Å². The van der Waals surface area contributed by atoms with Gasteiger partial charge < -0.3 is 24.2 Å². The molecule has 54 heavy (non-hydrogen) atoms. The van der Waals surface area contributed by atoms with Gasteiger partial charge in [0.25, 0.3) is 6.43 Å². The van der Waals surface area contributed by atoms with Crippen LogP contribution in [0.1, 0.15) is 80.7 Å². The van der Waals surface area contributed by atoms with Crippen LogP contribution < -0.4 is 15.1 Å². The number of likely N-dealkylation sites (tertiary alicyclic amines) is 1. The van der Waals surface area contributed by atoms with Crippen molar-refractivity contribution in [3.63, 3.8) is 0 Å². The SMILES string of the molecule is C=C1CN(C2CCC(=O)NC2=O)c2cccc(C#CCOC3CCN(CC4CCC(n5cc(-n6nccc6N6CCOCC6)c(C(F)F)n5)CC4)CC3)c21. The fourth-order valence-electron chi connectivity index (χ4n) is 8.80. The molecule has 14 heteroatoms. The molecule has 6 heterocycles. The van der Waals surface area contributed by atoms with Crippen LogP contribution in [0.3, 0.4) is 0 Å². The van der Waals surface area contributed by atoms with Crippen LogP contribution in [0.4, 0.5) is 20.3 Å². The molecule has 12 nitrogen and oxygen atoms in total. The Labute approximate surface area is 314 Å². The zero-order valence-corrected chi connectivity index (χ0v) is 30.6. The van der Waals surface area contributed by atoms with Gasteiger partial charge >= 0.3 is 0 Å². The van der Waals surface area contributed by atoms with Gasteiger partial charge in [-0.25, -0.2) is 13.5 Å². The zero-order chi connectivity index (χ0) is 37.2. The molecule has 286 valence electrons. The van der Waals surface area contributed by atoms with Crippen LogP contribution in [0.15, 0.2) is 43.2 Å². The molecule has 2 aromatic heterocycles. The molecule has 1 aliphatic carbocycles. The summed E-state index contributed by atoms with van der Waals surface area (Å²) < 4.78 is 43.5. The van der Waals surface area contributed by atoms with Crippen LogP contribution in [0.2, 0.25) is 0 Å². The number of rotatable bonds is 9. The second-order valence-corrected chi connectivity index (χ2v) is 15.1. The van der Waals surface area contributed by atoms with Crippen molar-refractivity contribution < 1.29 is 27.8 Å². The Kier molecular flexibility index (Phi) is 10.8. The molecule has 4 fully saturated rings. The summed E-state index contributed by atoms with van der Waals surface area (Å²) in [5, 5.41) is 11.3. The molecule has 3 saturated heterocycles. The highest BCUT2D eigenvalue weighted by atomic mass is 19.3. The number of carbonyl (C=O) groups excluding carboxylic acids is 2. The van der Waals surface area contributed by atoms with Crippen molar-refractivity contribution in [2.45, 2.75) is 76.0 Å². The Balaban J connectivity index is 0.797. The highest BCUT2D eigenvalue weighted by molar-refractivity contribution is 6.03. The molecule has 8 rings (SSSR count). The van der Waals surface area contributed by atoms with E-state index in [1.54, 1.807) is 21.8 Å². The van der Waals surface area contributed by atoms with Crippen molar-refractivity contribution in [3.8, 4) is 17.5 Å². The van der Waals surface area contributed by atoms with Crippen LogP contribution in [-0.4, -0.2) is 108 Å². The molecule has 1 atom stereocenters. The molecule has 5 aliphatic rings. The van der Waals surface area contributed by atoms with E-state index in [0.29, 0.717) is 63.9 Å². The van der Waals surface area contributed by atoms with Gasteiger partial charge in [-0.15, -0.1) is 0 Å². The van der Waals surface area contributed by atoms with E-state index in [1.165, 1.54) is 0 Å². The van der Waals surface area contributed by atoms with Crippen LogP contribution in [-0.2, 0) is 19.1 Å². The average Bonchev–Trinajstić information content (AvgIpc) is 3.93. The van der Waals surface area contributed by atoms with E-state index in [1.807, 2.05) is 29.2 Å². The normalized spacial score (nSPS) is 24.1. The summed E-state index contributed by atoms with van der Waals surface area (Å²) in [6.07, 6.45) is 7.54. The smallest absolute Gasteiger partial charge is 0.284 e. The van der Waals surface area contributed by atoms with Crippen LogP contribution in [0.25, 0.3) is 11.3 Å². The number of hydrogen-bond acceptors (Lipinski definition) is 9. The number of anilines is 2. The number of amides is 2. The topological polar surface area (TPSA) is 110 Å². The number of aromatic nitrogens is 4. The summed E-state index contributed by atoms with van der Waals surface area (Å²) in [7, 11) is 0. The van der Waals surface area contributed by atoms with Crippen molar-refractivity contribution in [2.75, 3.05) is 68.9 Å². The minimum atomic E-state index is -2.69. The third-order valence-corrected chi connectivity index (χ3v) is 11.6. The Morgan fingerprint density at radius 2 is 1.80 bits per heavy atom. The predicted molar refractivity (Wildman–Crippen MR) is 200 cm³/mol. The lowest BCUT2D eigenvalue weighted by Gasteiger charge is -2.36. The molecule has 1 N–H and O–H groups in total. The predicted octanol–water partition coefficient (Wildman–Crippen LogP) is 4.75. The largest absolute Gasteiger partial charge is 0.378 e. The Bertz CT molecular complexity index is 1910. The fourth-order valence-corrected chi connectivity index (χ4v) is 8.80. The van der Waals surface area contributed by atoms with Crippen molar-refractivity contribution in [1.29, 1.82) is 0 Å². The zero-order valence-electron chi connectivity index (χ0n) is 30.6. The van der Waals surface area contributed by atoms with Gasteiger partial charge in [0.2, 0.25) is 11.8 Å². The quantitative estimate of drug-likeness (QED) is 0.246. The Morgan fingerprint density at radius 3 is 2.56 bits per heavy atom. The standard InChI is InChI=1S/C40H48F2N8O4/c1-27-24-48(33-11-12-35(51)44-40(33)52)32-6-2-4-29(37(27)32)5-3-21-54-31-14-17-46(18-15-31)25-28-7-9-30(10-8-28)49-26-34(38(45-49)39(41)42)50-36(13-16-43-50)47-19-22-53-23-20-47/h2,4,6,13,16,26,28,30-31,33,39H,1,7-12,14-15,17-25H2,(H,44,51,52). The van der Waals surface area contributed by atoms with Crippen LogP contribution in [0.5, 0.6) is 0 Å². The van der Waals surface area contributed by atoms with Gasteiger partial charge in [-0.05, 0) is 68.6 Å². The second-order valence-electron chi connectivity index (χ2n) is 15.1. The van der Waals surface area contributed by atoms with Gasteiger partial charge in [0.05, 0.1) is 37.8 Å². The summed E-state index contributed by atoms with van der Waals surface area (Å²) in [6.45, 7) is 10.7. The Hall–Kier alpha value is -4.58. The molecule has 0 spiro atoms. The minimum absolute atomic E-state index is 0.0921. The number of hydrogen-bond donors (Lipinski definition) is 1. The number of morpholine rings is 1. The van der Waals surface area contributed by atoms with Gasteiger partial charge in [-0.1, -0.05) is 24.5 Å². The third-order valence-electron chi connectivity index (χ3n) is 11.6. The maximum atomic E-state index is 14.2. The number of nitrogens with one attached hydrogen (secondary N) is 1. The number of piperidine rings is 2. The lowest BCUT2D eigenvalue weighted by atomic mass is 9.85. The maximum absolute atomic E-state index is 14.2. The van der Waals surface area contributed by atoms with E-state index in [0.717, 1.165) is 86.4 Å². The maximum Gasteiger partial charge on any atom is 0.284 e. The average molecular weight is 743 g/mol. The van der Waals surface area contributed by atoms with Crippen molar-refractivity contribution in [2.24, 2.45) is 5.92 Å². The second kappa shape index (κ2) is 16.0. The molecule has 0 radical (unpaired) electrons. The molecule has 4 aliphatic heterocycles. The minimum Gasteiger partial charge on any atom is -0.378 e. The lowest BCUT2D eigenvalue weighted by Crippen LogP contribution is -2.52. The first-order chi connectivity index (χ1) is 26.3. The first kappa shape index (κ1) is 36.4. The van der Waals surface area contributed by atoms with Crippen LogP contribution >= 0.6 is 0 Å². The molecule has 1 aromatic carbocycles. The van der Waals surface area contributed by atoms with Gasteiger partial charge in [0.1, 0.15) is 24.2 Å². The highest BCUT2D eigenvalue weighted by Gasteiger charge is 2.37. The molecular weight excluding hydrogens is 694 g/mol. The number of nitrogens with zero attached hydrogens (tertiary/aromatic N) is 7. The van der Waals surface area contributed by atoms with Gasteiger partial charge in [0, 0.05) is 68.6 Å². The van der Waals surface area contributed by atoms with Gasteiger partial charge in [-0.3, -0.25) is 19.6 Å². The fraction of sp³-hybridized carbons (Fsp3) is 0.550. The van der Waals surface area contributed by atoms with Gasteiger partial charge in [0.15, 0.2) is 5.69 Å².